The van der Waals surface area contributed by atoms with Crippen molar-refractivity contribution < 1.29 is 4.74 Å². The lowest BCUT2D eigenvalue weighted by atomic mass is 10.3. The molecule has 0 saturated heterocycles. The number of rotatable bonds is 6. The average molecular weight is 360 g/mol. The number of aromatic nitrogens is 6. The molecule has 0 spiro atoms. The van der Waals surface area contributed by atoms with E-state index in [1.165, 1.54) is 16.2 Å². The first-order valence-electron chi connectivity index (χ1n) is 8.67. The molecule has 0 atom stereocenters. The number of aryl methyl sites for hydroxylation is 4. The summed E-state index contributed by atoms with van der Waals surface area (Å²) in [6.45, 7) is 4.56. The Bertz CT molecular complexity index is 1070. The molecule has 0 aliphatic rings. The smallest absolute Gasteiger partial charge is 0.332 e. The molecular formula is C17H24N6O3. The second-order valence-corrected chi connectivity index (χ2v) is 6.18. The number of nitrogens with zero attached hydrogens (tertiary/aromatic N) is 6. The van der Waals surface area contributed by atoms with Crippen molar-refractivity contribution in [3.05, 3.63) is 38.3 Å². The van der Waals surface area contributed by atoms with E-state index in [-0.39, 0.29) is 18.7 Å². The third-order valence-electron chi connectivity index (χ3n) is 4.60. The highest BCUT2D eigenvalue weighted by Gasteiger charge is 2.21. The third-order valence-corrected chi connectivity index (χ3v) is 4.60. The summed E-state index contributed by atoms with van der Waals surface area (Å²) >= 11 is 0. The molecule has 9 heteroatoms. The molecule has 0 saturated carbocycles. The minimum absolute atomic E-state index is 0.195. The van der Waals surface area contributed by atoms with Crippen LogP contribution in [0.5, 0.6) is 0 Å². The average Bonchev–Trinajstić information content (AvgIpc) is 3.20. The van der Waals surface area contributed by atoms with E-state index >= 15 is 0 Å². The predicted molar refractivity (Wildman–Crippen MR) is 98.0 cm³/mol. The van der Waals surface area contributed by atoms with Crippen LogP contribution in [0.25, 0.3) is 17.1 Å². The van der Waals surface area contributed by atoms with Gasteiger partial charge in [-0.25, -0.2) is 9.48 Å². The zero-order valence-electron chi connectivity index (χ0n) is 15.8. The second-order valence-electron chi connectivity index (χ2n) is 6.18. The van der Waals surface area contributed by atoms with E-state index in [9.17, 15) is 9.59 Å². The van der Waals surface area contributed by atoms with Crippen molar-refractivity contribution in [1.82, 2.24) is 28.5 Å². The summed E-state index contributed by atoms with van der Waals surface area (Å²) in [5.41, 5.74) is 1.90. The Labute approximate surface area is 150 Å². The summed E-state index contributed by atoms with van der Waals surface area (Å²) < 4.78 is 11.0. The molecule has 0 unspecified atom stereocenters. The number of hydrogen-bond donors (Lipinski definition) is 0. The lowest BCUT2D eigenvalue weighted by molar-refractivity contribution is 0.184. The lowest BCUT2D eigenvalue weighted by Gasteiger charge is -2.08. The maximum Gasteiger partial charge on any atom is 0.332 e. The van der Waals surface area contributed by atoms with Gasteiger partial charge < -0.3 is 9.30 Å². The van der Waals surface area contributed by atoms with Crippen LogP contribution in [-0.4, -0.2) is 42.2 Å². The minimum Gasteiger partial charge on any atom is -0.383 e. The maximum absolute atomic E-state index is 12.9. The van der Waals surface area contributed by atoms with Crippen LogP contribution in [0.1, 0.15) is 25.2 Å². The number of methoxy groups -OCH3 is 1. The highest BCUT2D eigenvalue weighted by molar-refractivity contribution is 5.72. The van der Waals surface area contributed by atoms with Crippen molar-refractivity contribution in [2.45, 2.75) is 33.2 Å². The minimum atomic E-state index is -0.408. The van der Waals surface area contributed by atoms with Gasteiger partial charge in [0.25, 0.3) is 5.56 Å². The van der Waals surface area contributed by atoms with E-state index in [1.807, 2.05) is 19.9 Å². The lowest BCUT2D eigenvalue weighted by Crippen LogP contribution is -2.40. The highest BCUT2D eigenvalue weighted by atomic mass is 16.5. The molecule has 9 nitrogen and oxygen atoms in total. The van der Waals surface area contributed by atoms with Gasteiger partial charge in [0, 0.05) is 26.9 Å². The van der Waals surface area contributed by atoms with Gasteiger partial charge in [-0.3, -0.25) is 13.9 Å². The van der Waals surface area contributed by atoms with Gasteiger partial charge in [-0.15, -0.1) is 0 Å². The quantitative estimate of drug-likeness (QED) is 0.634. The molecule has 3 rings (SSSR count). The molecule has 0 bridgehead atoms. The van der Waals surface area contributed by atoms with Crippen molar-refractivity contribution in [1.29, 1.82) is 0 Å². The molecule has 140 valence electrons. The summed E-state index contributed by atoms with van der Waals surface area (Å²) in [6.07, 6.45) is 1.60. The molecule has 3 heterocycles. The predicted octanol–water partition coefficient (Wildman–Crippen LogP) is 0.391. The summed E-state index contributed by atoms with van der Waals surface area (Å²) in [5, 5.41) is 4.60. The van der Waals surface area contributed by atoms with E-state index < -0.39 is 5.69 Å². The van der Waals surface area contributed by atoms with Crippen LogP contribution < -0.4 is 11.2 Å². The third kappa shape index (κ3) is 2.68. The van der Waals surface area contributed by atoms with E-state index in [1.54, 1.807) is 23.3 Å². The van der Waals surface area contributed by atoms with Crippen LogP contribution in [0.2, 0.25) is 0 Å². The molecule has 0 fully saturated rings. The normalized spacial score (nSPS) is 11.6. The first kappa shape index (κ1) is 18.1. The maximum atomic E-state index is 12.9. The van der Waals surface area contributed by atoms with E-state index in [0.717, 1.165) is 24.2 Å². The van der Waals surface area contributed by atoms with Crippen LogP contribution in [0.4, 0.5) is 0 Å². The number of hydrogen-bond acceptors (Lipinski definition) is 5. The Kier molecular flexibility index (Phi) is 4.82. The molecule has 26 heavy (non-hydrogen) atoms. The molecule has 0 N–H and O–H groups in total. The largest absolute Gasteiger partial charge is 0.383 e. The van der Waals surface area contributed by atoms with Crippen molar-refractivity contribution in [3.8, 4) is 5.95 Å². The molecule has 0 aromatic carbocycles. The van der Waals surface area contributed by atoms with Gasteiger partial charge in [0.15, 0.2) is 11.2 Å². The Hall–Kier alpha value is -2.68. The fourth-order valence-electron chi connectivity index (χ4n) is 3.07. The summed E-state index contributed by atoms with van der Waals surface area (Å²) in [6, 6.07) is 2.04. The Morgan fingerprint density at radius 2 is 1.85 bits per heavy atom. The van der Waals surface area contributed by atoms with Gasteiger partial charge in [0.1, 0.15) is 0 Å². The second kappa shape index (κ2) is 6.91. The monoisotopic (exact) mass is 360 g/mol. The molecule has 3 aromatic rings. The van der Waals surface area contributed by atoms with Gasteiger partial charge in [0.2, 0.25) is 5.95 Å². The van der Waals surface area contributed by atoms with E-state index in [2.05, 4.69) is 10.1 Å². The van der Waals surface area contributed by atoms with Crippen LogP contribution in [-0.2, 0) is 38.2 Å². The van der Waals surface area contributed by atoms with Gasteiger partial charge in [-0.2, -0.15) is 10.1 Å². The first-order valence-corrected chi connectivity index (χ1v) is 8.67. The summed E-state index contributed by atoms with van der Waals surface area (Å²) in [7, 11) is 4.92. The Morgan fingerprint density at radius 3 is 2.46 bits per heavy atom. The van der Waals surface area contributed by atoms with Gasteiger partial charge in [0.05, 0.1) is 18.8 Å². The van der Waals surface area contributed by atoms with E-state index in [4.69, 9.17) is 4.74 Å². The number of ether oxygens (including phenoxy) is 1. The van der Waals surface area contributed by atoms with Crippen molar-refractivity contribution in [3.63, 3.8) is 0 Å². The van der Waals surface area contributed by atoms with Crippen LogP contribution in [0, 0.1) is 0 Å². The van der Waals surface area contributed by atoms with Crippen LogP contribution in [0.15, 0.2) is 15.7 Å². The molecule has 0 radical (unpaired) electrons. The SMILES string of the molecule is CCc1cc(CC)n(-c2nc3c(c(=O)n(CCOC)c(=O)n3C)n2C)n1. The number of fused-ring (bicyclic) bond motifs is 1. The van der Waals surface area contributed by atoms with Gasteiger partial charge in [-0.1, -0.05) is 13.8 Å². The molecule has 0 aliphatic carbocycles. The topological polar surface area (TPSA) is 88.9 Å². The zero-order chi connectivity index (χ0) is 19.0. The Balaban J connectivity index is 2.31. The van der Waals surface area contributed by atoms with E-state index in [0.29, 0.717) is 17.1 Å². The van der Waals surface area contributed by atoms with Crippen LogP contribution in [0.3, 0.4) is 0 Å². The van der Waals surface area contributed by atoms with Crippen molar-refractivity contribution in [2.75, 3.05) is 13.7 Å². The van der Waals surface area contributed by atoms with Crippen molar-refractivity contribution in [2.24, 2.45) is 14.1 Å². The molecule has 3 aromatic heterocycles. The number of imidazole rings is 1. The molecule has 0 amide bonds. The van der Waals surface area contributed by atoms with Gasteiger partial charge in [-0.05, 0) is 18.9 Å². The van der Waals surface area contributed by atoms with Crippen LogP contribution >= 0.6 is 0 Å². The summed E-state index contributed by atoms with van der Waals surface area (Å²) in [4.78, 5) is 30.0. The molecule has 0 aliphatic heterocycles. The van der Waals surface area contributed by atoms with Gasteiger partial charge >= 0.3 is 5.69 Å². The summed E-state index contributed by atoms with van der Waals surface area (Å²) in [5.74, 6) is 0.521. The van der Waals surface area contributed by atoms with Crippen molar-refractivity contribution >= 4 is 11.2 Å². The Morgan fingerprint density at radius 1 is 1.12 bits per heavy atom. The molecular weight excluding hydrogens is 336 g/mol. The first-order chi connectivity index (χ1) is 12.4. The zero-order valence-corrected chi connectivity index (χ0v) is 15.8. The fourth-order valence-corrected chi connectivity index (χ4v) is 3.07. The fraction of sp³-hybridized carbons (Fsp3) is 0.529. The highest BCUT2D eigenvalue weighted by Crippen LogP contribution is 2.16. The standard InChI is InChI=1S/C17H24N6O3/c1-6-11-10-12(7-2)23(19-11)16-18-14-13(20(16)3)15(24)22(8-9-26-5)17(25)21(14)4/h10H,6-9H2,1-5H3.